The second-order valence-corrected chi connectivity index (χ2v) is 8.77. The fourth-order valence-electron chi connectivity index (χ4n) is 4.91. The number of methoxy groups -OCH3 is 1. The molecule has 3 aromatic rings. The third kappa shape index (κ3) is 4.68. The second-order valence-electron chi connectivity index (χ2n) is 8.77. The molecule has 0 saturated carbocycles. The van der Waals surface area contributed by atoms with Gasteiger partial charge in [-0.3, -0.25) is 14.3 Å². The summed E-state index contributed by atoms with van der Waals surface area (Å²) in [6, 6.07) is 9.51. The molecule has 0 atom stereocenters. The average molecular weight is 478 g/mol. The molecule has 1 aliphatic heterocycles. The number of carbonyl (C=O) groups excluding carboxylic acids is 2. The summed E-state index contributed by atoms with van der Waals surface area (Å²) in [5.41, 5.74) is 2.98. The molecule has 0 bridgehead atoms. The summed E-state index contributed by atoms with van der Waals surface area (Å²) in [6.45, 7) is 1.49. The maximum Gasteiger partial charge on any atom is 0.343 e. The van der Waals surface area contributed by atoms with Crippen LogP contribution in [0.4, 0.5) is 0 Å². The average Bonchev–Trinajstić information content (AvgIpc) is 3.47. The number of amides is 1. The number of esters is 1. The number of aromatic nitrogens is 4. The standard InChI is InChI=1S/C25H27N5O5/c1-34-25(33)24-20-6-8-28(22(31)7-9-29-16-26-15-27-29)10-11-30(20)23(32)14-21(24)35-19-12-17-4-2-3-5-18(17)13-19/h2-5,14-16,19H,6-13H2,1H3. The minimum atomic E-state index is -0.551. The van der Waals surface area contributed by atoms with Crippen LogP contribution in [0.1, 0.15) is 33.6 Å². The number of carbonyl (C=O) groups is 2. The predicted octanol–water partition coefficient (Wildman–Crippen LogP) is 1.25. The maximum atomic E-state index is 13.1. The second kappa shape index (κ2) is 9.73. The van der Waals surface area contributed by atoms with Crippen LogP contribution in [0.2, 0.25) is 0 Å². The van der Waals surface area contributed by atoms with Gasteiger partial charge in [-0.2, -0.15) is 5.10 Å². The van der Waals surface area contributed by atoms with Gasteiger partial charge in [0.05, 0.1) is 13.7 Å². The molecule has 1 aromatic carbocycles. The Kier molecular flexibility index (Phi) is 6.35. The number of aryl methyl sites for hydroxylation is 1. The summed E-state index contributed by atoms with van der Waals surface area (Å²) >= 11 is 0. The van der Waals surface area contributed by atoms with Crippen molar-refractivity contribution in [2.24, 2.45) is 0 Å². The van der Waals surface area contributed by atoms with Crippen molar-refractivity contribution in [2.45, 2.75) is 44.9 Å². The molecule has 5 rings (SSSR count). The van der Waals surface area contributed by atoms with Crippen molar-refractivity contribution < 1.29 is 19.1 Å². The van der Waals surface area contributed by atoms with E-state index in [1.807, 2.05) is 12.1 Å². The summed E-state index contributed by atoms with van der Waals surface area (Å²) in [5, 5.41) is 4.03. The number of hydrogen-bond acceptors (Lipinski definition) is 7. The lowest BCUT2D eigenvalue weighted by atomic mass is 10.1. The van der Waals surface area contributed by atoms with Gasteiger partial charge in [-0.1, -0.05) is 24.3 Å². The van der Waals surface area contributed by atoms with E-state index in [1.165, 1.54) is 30.6 Å². The van der Waals surface area contributed by atoms with E-state index in [-0.39, 0.29) is 35.3 Å². The number of fused-ring (bicyclic) bond motifs is 2. The van der Waals surface area contributed by atoms with Crippen molar-refractivity contribution in [3.63, 3.8) is 0 Å². The minimum Gasteiger partial charge on any atom is -0.489 e. The normalized spacial score (nSPS) is 15.3. The molecule has 2 aromatic heterocycles. The molecule has 0 spiro atoms. The van der Waals surface area contributed by atoms with Gasteiger partial charge in [0.2, 0.25) is 5.91 Å². The van der Waals surface area contributed by atoms with Crippen LogP contribution in [0.3, 0.4) is 0 Å². The largest absolute Gasteiger partial charge is 0.489 e. The molecule has 0 N–H and O–H groups in total. The first-order valence-corrected chi connectivity index (χ1v) is 11.7. The SMILES string of the molecule is COC(=O)c1c(OC2Cc3ccccc3C2)cc(=O)n2c1CCN(C(=O)CCn1cncn1)CC2. The molecule has 0 unspecified atom stereocenters. The molecule has 1 aliphatic carbocycles. The van der Waals surface area contributed by atoms with Crippen molar-refractivity contribution in [2.75, 3.05) is 20.2 Å². The van der Waals surface area contributed by atoms with E-state index in [0.29, 0.717) is 51.1 Å². The summed E-state index contributed by atoms with van der Waals surface area (Å²) in [5.74, 6) is -0.344. The third-order valence-corrected chi connectivity index (χ3v) is 6.66. The van der Waals surface area contributed by atoms with Crippen LogP contribution in [-0.2, 0) is 41.9 Å². The van der Waals surface area contributed by atoms with Gasteiger partial charge in [-0.05, 0) is 11.1 Å². The van der Waals surface area contributed by atoms with Crippen molar-refractivity contribution >= 4 is 11.9 Å². The summed E-state index contributed by atoms with van der Waals surface area (Å²) in [6.07, 6.45) is 4.87. The Morgan fingerprint density at radius 2 is 1.89 bits per heavy atom. The van der Waals surface area contributed by atoms with E-state index in [9.17, 15) is 14.4 Å². The van der Waals surface area contributed by atoms with E-state index < -0.39 is 5.97 Å². The molecular weight excluding hydrogens is 450 g/mol. The Morgan fingerprint density at radius 3 is 2.57 bits per heavy atom. The lowest BCUT2D eigenvalue weighted by Gasteiger charge is -2.20. The minimum absolute atomic E-state index is 0.0406. The zero-order valence-corrected chi connectivity index (χ0v) is 19.6. The van der Waals surface area contributed by atoms with E-state index in [1.54, 1.807) is 20.5 Å². The van der Waals surface area contributed by atoms with Gasteiger partial charge in [0, 0.05) is 57.1 Å². The lowest BCUT2D eigenvalue weighted by Crippen LogP contribution is -2.34. The molecule has 2 aliphatic rings. The number of ether oxygens (including phenoxy) is 2. The first kappa shape index (κ1) is 22.8. The molecular formula is C25H27N5O5. The molecule has 0 radical (unpaired) electrons. The molecule has 10 heteroatoms. The smallest absolute Gasteiger partial charge is 0.343 e. The molecule has 182 valence electrons. The first-order chi connectivity index (χ1) is 17.0. The number of rotatable bonds is 6. The van der Waals surface area contributed by atoms with Gasteiger partial charge in [0.1, 0.15) is 30.1 Å². The quantitative estimate of drug-likeness (QED) is 0.492. The maximum absolute atomic E-state index is 13.1. The highest BCUT2D eigenvalue weighted by Crippen LogP contribution is 2.29. The van der Waals surface area contributed by atoms with Crippen LogP contribution < -0.4 is 10.3 Å². The number of hydrogen-bond donors (Lipinski definition) is 0. The number of pyridine rings is 1. The fourth-order valence-corrected chi connectivity index (χ4v) is 4.91. The van der Waals surface area contributed by atoms with E-state index in [4.69, 9.17) is 9.47 Å². The summed E-state index contributed by atoms with van der Waals surface area (Å²) < 4.78 is 14.5. The lowest BCUT2D eigenvalue weighted by molar-refractivity contribution is -0.131. The van der Waals surface area contributed by atoms with Gasteiger partial charge in [-0.25, -0.2) is 9.78 Å². The number of benzene rings is 1. The third-order valence-electron chi connectivity index (χ3n) is 6.66. The number of nitrogens with zero attached hydrogens (tertiary/aromatic N) is 5. The van der Waals surface area contributed by atoms with E-state index >= 15 is 0 Å². The van der Waals surface area contributed by atoms with Crippen LogP contribution in [0.5, 0.6) is 5.75 Å². The Hall–Kier alpha value is -3.95. The summed E-state index contributed by atoms with van der Waals surface area (Å²) in [7, 11) is 1.32. The fraction of sp³-hybridized carbons (Fsp3) is 0.400. The Labute approximate surface area is 202 Å². The topological polar surface area (TPSA) is 109 Å². The van der Waals surface area contributed by atoms with Crippen LogP contribution in [0, 0.1) is 0 Å². The highest BCUT2D eigenvalue weighted by atomic mass is 16.5. The van der Waals surface area contributed by atoms with Crippen LogP contribution >= 0.6 is 0 Å². The van der Waals surface area contributed by atoms with Gasteiger partial charge >= 0.3 is 5.97 Å². The Bertz CT molecular complexity index is 1280. The Morgan fingerprint density at radius 1 is 1.11 bits per heavy atom. The van der Waals surface area contributed by atoms with E-state index in [0.717, 1.165) is 0 Å². The van der Waals surface area contributed by atoms with E-state index in [2.05, 4.69) is 22.2 Å². The van der Waals surface area contributed by atoms with Crippen LogP contribution in [0.25, 0.3) is 0 Å². The van der Waals surface area contributed by atoms with Gasteiger partial charge in [0.25, 0.3) is 5.56 Å². The van der Waals surface area contributed by atoms with Gasteiger partial charge in [-0.15, -0.1) is 0 Å². The monoisotopic (exact) mass is 477 g/mol. The van der Waals surface area contributed by atoms with Crippen LogP contribution in [0.15, 0.2) is 47.8 Å². The zero-order chi connectivity index (χ0) is 24.4. The van der Waals surface area contributed by atoms with Gasteiger partial charge in [0.15, 0.2) is 0 Å². The molecule has 35 heavy (non-hydrogen) atoms. The molecule has 10 nitrogen and oxygen atoms in total. The zero-order valence-electron chi connectivity index (χ0n) is 19.6. The Balaban J connectivity index is 1.37. The van der Waals surface area contributed by atoms with Crippen LogP contribution in [-0.4, -0.2) is 62.4 Å². The first-order valence-electron chi connectivity index (χ1n) is 11.7. The van der Waals surface area contributed by atoms with Crippen molar-refractivity contribution in [3.8, 4) is 5.75 Å². The predicted molar refractivity (Wildman–Crippen MR) is 125 cm³/mol. The van der Waals surface area contributed by atoms with Crippen molar-refractivity contribution in [3.05, 3.63) is 75.7 Å². The van der Waals surface area contributed by atoms with Crippen molar-refractivity contribution in [1.82, 2.24) is 24.2 Å². The molecule has 0 fully saturated rings. The molecule has 3 heterocycles. The molecule has 0 saturated heterocycles. The highest BCUT2D eigenvalue weighted by molar-refractivity contribution is 5.93. The molecule has 1 amide bonds. The van der Waals surface area contributed by atoms with Crippen molar-refractivity contribution in [1.29, 1.82) is 0 Å². The van der Waals surface area contributed by atoms with Gasteiger partial charge < -0.3 is 18.9 Å². The summed E-state index contributed by atoms with van der Waals surface area (Å²) in [4.78, 5) is 44.3. The highest BCUT2D eigenvalue weighted by Gasteiger charge is 2.30.